The summed E-state index contributed by atoms with van der Waals surface area (Å²) in [5.74, 6) is 1.00. The van der Waals surface area contributed by atoms with Crippen molar-refractivity contribution in [1.29, 1.82) is 0 Å². The van der Waals surface area contributed by atoms with Gasteiger partial charge >= 0.3 is 12.2 Å². The highest BCUT2D eigenvalue weighted by Crippen LogP contribution is 2.34. The van der Waals surface area contributed by atoms with Gasteiger partial charge in [0.1, 0.15) is 12.2 Å². The Morgan fingerprint density at radius 2 is 1.76 bits per heavy atom. The van der Waals surface area contributed by atoms with Crippen molar-refractivity contribution in [3.05, 3.63) is 47.8 Å². The second-order valence-corrected chi connectivity index (χ2v) is 8.92. The van der Waals surface area contributed by atoms with Crippen LogP contribution in [0.15, 0.2) is 36.5 Å². The summed E-state index contributed by atoms with van der Waals surface area (Å²) < 4.78 is 50.5. The summed E-state index contributed by atoms with van der Waals surface area (Å²) in [6.45, 7) is 0.590. The molecule has 1 aromatic carbocycles. The third-order valence-electron chi connectivity index (χ3n) is 6.58. The molecular weight excluding hydrogens is 451 g/mol. The number of nitrogens with zero attached hydrogens (tertiary/aromatic N) is 2. The summed E-state index contributed by atoms with van der Waals surface area (Å²) in [6, 6.07) is 5.20. The monoisotopic (exact) mass is 477 g/mol. The van der Waals surface area contributed by atoms with E-state index in [0.717, 1.165) is 30.7 Å². The Bertz CT molecular complexity index is 1030. The summed E-state index contributed by atoms with van der Waals surface area (Å²) >= 11 is 0. The average molecular weight is 477 g/mol. The topological polar surface area (TPSA) is 97.4 Å². The SMILES string of the molecule is O=C(Nc1cccc(C(F)(F)F)c1)N[C@H]1CO[C@H]2[C@@H]1OC[C@@H]2Nc1nccc(C2CCCC2)n1. The molecular formula is C23H26F3N5O3. The first-order valence-corrected chi connectivity index (χ1v) is 11.4. The van der Waals surface area contributed by atoms with Crippen LogP contribution in [0.4, 0.5) is 29.6 Å². The Morgan fingerprint density at radius 3 is 2.53 bits per heavy atom. The normalized spacial score (nSPS) is 26.9. The van der Waals surface area contributed by atoms with Gasteiger partial charge in [-0.1, -0.05) is 18.9 Å². The molecule has 2 aliphatic heterocycles. The fourth-order valence-electron chi connectivity index (χ4n) is 4.91. The first-order valence-electron chi connectivity index (χ1n) is 11.4. The van der Waals surface area contributed by atoms with Crippen molar-refractivity contribution >= 4 is 17.7 Å². The number of hydrogen-bond donors (Lipinski definition) is 3. The van der Waals surface area contributed by atoms with Gasteiger partial charge in [-0.25, -0.2) is 14.8 Å². The predicted octanol–water partition coefficient (Wildman–Crippen LogP) is 3.92. The number of fused-ring (bicyclic) bond motifs is 1. The molecule has 0 spiro atoms. The number of amides is 2. The molecule has 1 aliphatic carbocycles. The standard InChI is InChI=1S/C23H26F3N5O3/c24-23(25,26)14-6-3-7-15(10-14)28-22(32)31-18-12-34-19-17(11-33-20(18)19)30-21-27-9-8-16(29-21)13-4-1-2-5-13/h3,6-10,13,17-20H,1-2,4-5,11-12H2,(H,27,29,30)(H2,28,31,32)/t17-,18-,19+,20+/m0/s1. The van der Waals surface area contributed by atoms with Crippen LogP contribution in [0.2, 0.25) is 0 Å². The molecule has 5 rings (SSSR count). The summed E-state index contributed by atoms with van der Waals surface area (Å²) in [5, 5.41) is 8.50. The molecule has 0 bridgehead atoms. The van der Waals surface area contributed by atoms with Crippen LogP contribution in [0.1, 0.15) is 42.9 Å². The number of carbonyl (C=O) groups is 1. The van der Waals surface area contributed by atoms with Crippen molar-refractivity contribution < 1.29 is 27.4 Å². The van der Waals surface area contributed by atoms with Crippen molar-refractivity contribution in [2.24, 2.45) is 0 Å². The lowest BCUT2D eigenvalue weighted by atomic mass is 10.0. The minimum absolute atomic E-state index is 0.0500. The number of carbonyl (C=O) groups excluding carboxylic acids is 1. The second kappa shape index (κ2) is 9.38. The molecule has 11 heteroatoms. The van der Waals surface area contributed by atoms with E-state index in [2.05, 4.69) is 25.9 Å². The summed E-state index contributed by atoms with van der Waals surface area (Å²) in [7, 11) is 0. The van der Waals surface area contributed by atoms with Gasteiger partial charge in [0.05, 0.1) is 30.9 Å². The molecule has 3 N–H and O–H groups in total. The van der Waals surface area contributed by atoms with Crippen LogP contribution in [-0.2, 0) is 15.7 Å². The van der Waals surface area contributed by atoms with Gasteiger partial charge in [-0.15, -0.1) is 0 Å². The van der Waals surface area contributed by atoms with Gasteiger partial charge in [0.2, 0.25) is 5.95 Å². The zero-order valence-electron chi connectivity index (χ0n) is 18.3. The summed E-state index contributed by atoms with van der Waals surface area (Å²) in [6.07, 6.45) is 1.32. The highest BCUT2D eigenvalue weighted by molar-refractivity contribution is 5.89. The maximum absolute atomic E-state index is 12.9. The van der Waals surface area contributed by atoms with Gasteiger partial charge in [-0.05, 0) is 37.1 Å². The lowest BCUT2D eigenvalue weighted by molar-refractivity contribution is -0.137. The number of halogens is 3. The molecule has 1 saturated carbocycles. The van der Waals surface area contributed by atoms with E-state index in [4.69, 9.17) is 9.47 Å². The molecule has 0 radical (unpaired) electrons. The third kappa shape index (κ3) is 4.95. The first kappa shape index (κ1) is 22.9. The van der Waals surface area contributed by atoms with E-state index in [0.29, 0.717) is 18.5 Å². The summed E-state index contributed by atoms with van der Waals surface area (Å²) in [4.78, 5) is 21.4. The number of ether oxygens (including phenoxy) is 2. The minimum Gasteiger partial charge on any atom is -0.371 e. The van der Waals surface area contributed by atoms with Crippen LogP contribution in [0, 0.1) is 0 Å². The third-order valence-corrected chi connectivity index (χ3v) is 6.58. The number of urea groups is 1. The Kier molecular flexibility index (Phi) is 6.30. The highest BCUT2D eigenvalue weighted by atomic mass is 19.4. The number of rotatable bonds is 5. The lowest BCUT2D eigenvalue weighted by Gasteiger charge is -2.19. The molecule has 2 amide bonds. The van der Waals surface area contributed by atoms with E-state index in [1.807, 2.05) is 6.07 Å². The predicted molar refractivity (Wildman–Crippen MR) is 118 cm³/mol. The largest absolute Gasteiger partial charge is 0.416 e. The van der Waals surface area contributed by atoms with E-state index in [-0.39, 0.29) is 30.5 Å². The number of aromatic nitrogens is 2. The summed E-state index contributed by atoms with van der Waals surface area (Å²) in [5.41, 5.74) is 0.263. The van der Waals surface area contributed by atoms with Crippen LogP contribution >= 0.6 is 0 Å². The van der Waals surface area contributed by atoms with Crippen molar-refractivity contribution in [1.82, 2.24) is 15.3 Å². The Hall–Kier alpha value is -2.92. The second-order valence-electron chi connectivity index (χ2n) is 8.92. The molecule has 4 atom stereocenters. The Morgan fingerprint density at radius 1 is 1.03 bits per heavy atom. The van der Waals surface area contributed by atoms with Gasteiger partial charge in [0, 0.05) is 23.5 Å². The van der Waals surface area contributed by atoms with Crippen LogP contribution in [0.3, 0.4) is 0 Å². The average Bonchev–Trinajstić information content (AvgIpc) is 3.54. The van der Waals surface area contributed by atoms with E-state index in [1.165, 1.54) is 25.0 Å². The molecule has 3 aliphatic rings. The molecule has 8 nitrogen and oxygen atoms in total. The number of benzene rings is 1. The maximum Gasteiger partial charge on any atom is 0.416 e. The number of nitrogens with one attached hydrogen (secondary N) is 3. The minimum atomic E-state index is -4.49. The van der Waals surface area contributed by atoms with Crippen molar-refractivity contribution in [3.8, 4) is 0 Å². The molecule has 182 valence electrons. The van der Waals surface area contributed by atoms with E-state index in [9.17, 15) is 18.0 Å². The van der Waals surface area contributed by atoms with Crippen LogP contribution in [0.25, 0.3) is 0 Å². The molecule has 34 heavy (non-hydrogen) atoms. The van der Waals surface area contributed by atoms with Gasteiger partial charge in [0.25, 0.3) is 0 Å². The Balaban J connectivity index is 1.17. The molecule has 2 saturated heterocycles. The quantitative estimate of drug-likeness (QED) is 0.604. The van der Waals surface area contributed by atoms with Crippen LogP contribution in [-0.4, -0.2) is 53.5 Å². The molecule has 3 fully saturated rings. The zero-order valence-corrected chi connectivity index (χ0v) is 18.3. The molecule has 2 aromatic rings. The zero-order chi connectivity index (χ0) is 23.7. The van der Waals surface area contributed by atoms with Crippen molar-refractivity contribution in [3.63, 3.8) is 0 Å². The highest BCUT2D eigenvalue weighted by Gasteiger charge is 2.48. The molecule has 0 unspecified atom stereocenters. The van der Waals surface area contributed by atoms with Crippen LogP contribution < -0.4 is 16.0 Å². The Labute approximate surface area is 194 Å². The van der Waals surface area contributed by atoms with Gasteiger partial charge in [-0.3, -0.25) is 0 Å². The van der Waals surface area contributed by atoms with Gasteiger partial charge in [-0.2, -0.15) is 13.2 Å². The van der Waals surface area contributed by atoms with E-state index < -0.39 is 23.8 Å². The van der Waals surface area contributed by atoms with Crippen LogP contribution in [0.5, 0.6) is 0 Å². The number of alkyl halides is 3. The number of anilines is 2. The fourth-order valence-corrected chi connectivity index (χ4v) is 4.91. The van der Waals surface area contributed by atoms with Crippen molar-refractivity contribution in [2.75, 3.05) is 23.8 Å². The molecule has 3 heterocycles. The molecule has 1 aromatic heterocycles. The first-order chi connectivity index (χ1) is 16.4. The van der Waals surface area contributed by atoms with Gasteiger partial charge in [0.15, 0.2) is 0 Å². The van der Waals surface area contributed by atoms with E-state index in [1.54, 1.807) is 6.20 Å². The smallest absolute Gasteiger partial charge is 0.371 e. The van der Waals surface area contributed by atoms with Crippen molar-refractivity contribution in [2.45, 2.75) is 62.1 Å². The maximum atomic E-state index is 12.9. The van der Waals surface area contributed by atoms with E-state index >= 15 is 0 Å². The lowest BCUT2D eigenvalue weighted by Crippen LogP contribution is -2.46. The van der Waals surface area contributed by atoms with Gasteiger partial charge < -0.3 is 25.4 Å². The number of hydrogen-bond acceptors (Lipinski definition) is 6. The fraction of sp³-hybridized carbons (Fsp3) is 0.522.